The first kappa shape index (κ1) is 12.5. The number of hydrogen-bond donors (Lipinski definition) is 1. The van der Waals surface area contributed by atoms with E-state index in [2.05, 4.69) is 5.32 Å². The van der Waals surface area contributed by atoms with Crippen LogP contribution in [-0.2, 0) is 14.6 Å². The van der Waals surface area contributed by atoms with Crippen LogP contribution in [0.4, 0.5) is 4.79 Å². The first-order valence-electron chi connectivity index (χ1n) is 6.30. The number of benzene rings is 1. The standard InChI is InChI=1S/C13H15NO4S/c15-13-14-12(7-18-13)10-3-5-11(6-4-10)19(16,17)8-9-1-2-9/h3-6,9,12H,1-2,7-8H2,(H,14,15)/t12-/m0/s1. The van der Waals surface area contributed by atoms with Crippen LogP contribution in [0.3, 0.4) is 0 Å². The molecule has 102 valence electrons. The van der Waals surface area contributed by atoms with Crippen molar-refractivity contribution in [3.8, 4) is 0 Å². The van der Waals surface area contributed by atoms with Crippen LogP contribution in [0.2, 0.25) is 0 Å². The van der Waals surface area contributed by atoms with Gasteiger partial charge in [0.25, 0.3) is 0 Å². The van der Waals surface area contributed by atoms with Crippen LogP contribution in [0.5, 0.6) is 0 Å². The molecule has 5 nitrogen and oxygen atoms in total. The number of carbonyl (C=O) groups is 1. The number of sulfone groups is 1. The Bertz CT molecular complexity index is 590. The molecule has 6 heteroatoms. The van der Waals surface area contributed by atoms with Crippen molar-refractivity contribution in [2.24, 2.45) is 5.92 Å². The Morgan fingerprint density at radius 2 is 1.89 bits per heavy atom. The number of amides is 1. The Morgan fingerprint density at radius 1 is 1.21 bits per heavy atom. The molecule has 0 aromatic heterocycles. The van der Waals surface area contributed by atoms with Gasteiger partial charge in [-0.1, -0.05) is 12.1 Å². The molecule has 1 heterocycles. The molecule has 19 heavy (non-hydrogen) atoms. The minimum absolute atomic E-state index is 0.187. The minimum Gasteiger partial charge on any atom is -0.447 e. The average Bonchev–Trinajstić information content (AvgIpc) is 3.07. The number of rotatable bonds is 4. The Morgan fingerprint density at radius 3 is 2.42 bits per heavy atom. The van der Waals surface area contributed by atoms with Gasteiger partial charge in [-0.15, -0.1) is 0 Å². The second-order valence-corrected chi connectivity index (χ2v) is 7.12. The zero-order valence-corrected chi connectivity index (χ0v) is 11.2. The number of ether oxygens (including phenoxy) is 1. The summed E-state index contributed by atoms with van der Waals surface area (Å²) < 4.78 is 29.0. The first-order chi connectivity index (χ1) is 9.04. The van der Waals surface area contributed by atoms with Crippen molar-refractivity contribution in [3.05, 3.63) is 29.8 Å². The van der Waals surface area contributed by atoms with Crippen molar-refractivity contribution in [2.75, 3.05) is 12.4 Å². The normalized spacial score (nSPS) is 22.9. The molecule has 0 radical (unpaired) electrons. The number of nitrogens with one attached hydrogen (secondary N) is 1. The fourth-order valence-electron chi connectivity index (χ4n) is 2.16. The predicted molar refractivity (Wildman–Crippen MR) is 68.4 cm³/mol. The fraction of sp³-hybridized carbons (Fsp3) is 0.462. The molecule has 1 saturated carbocycles. The lowest BCUT2D eigenvalue weighted by Gasteiger charge is -2.09. The first-order valence-corrected chi connectivity index (χ1v) is 7.96. The number of alkyl carbamates (subject to hydrolysis) is 1. The van der Waals surface area contributed by atoms with Gasteiger partial charge in [0.2, 0.25) is 0 Å². The lowest BCUT2D eigenvalue weighted by atomic mass is 10.1. The van der Waals surface area contributed by atoms with Gasteiger partial charge in [-0.3, -0.25) is 0 Å². The molecular formula is C13H15NO4S. The third-order valence-electron chi connectivity index (χ3n) is 3.47. The van der Waals surface area contributed by atoms with Crippen LogP contribution in [0.25, 0.3) is 0 Å². The average molecular weight is 281 g/mol. The maximum atomic E-state index is 12.1. The predicted octanol–water partition coefficient (Wildman–Crippen LogP) is 1.65. The van der Waals surface area contributed by atoms with Gasteiger partial charge in [-0.2, -0.15) is 0 Å². The summed E-state index contributed by atoms with van der Waals surface area (Å²) in [5.41, 5.74) is 0.858. The van der Waals surface area contributed by atoms with E-state index < -0.39 is 15.9 Å². The molecule has 2 aliphatic rings. The van der Waals surface area contributed by atoms with Crippen LogP contribution >= 0.6 is 0 Å². The maximum absolute atomic E-state index is 12.1. The van der Waals surface area contributed by atoms with Crippen LogP contribution in [0.15, 0.2) is 29.2 Å². The zero-order valence-electron chi connectivity index (χ0n) is 10.3. The summed E-state index contributed by atoms with van der Waals surface area (Å²) >= 11 is 0. The molecule has 1 aliphatic carbocycles. The summed E-state index contributed by atoms with van der Waals surface area (Å²) in [4.78, 5) is 11.3. The molecule has 0 bridgehead atoms. The fourth-order valence-corrected chi connectivity index (χ4v) is 3.86. The van der Waals surface area contributed by atoms with Crippen LogP contribution in [0, 0.1) is 5.92 Å². The van der Waals surface area contributed by atoms with Gasteiger partial charge in [0, 0.05) is 0 Å². The van der Waals surface area contributed by atoms with E-state index in [0.717, 1.165) is 18.4 Å². The molecule has 0 spiro atoms. The quantitative estimate of drug-likeness (QED) is 0.911. The second-order valence-electron chi connectivity index (χ2n) is 5.09. The number of hydrogen-bond acceptors (Lipinski definition) is 4. The maximum Gasteiger partial charge on any atom is 0.407 e. The Kier molecular flexibility index (Phi) is 2.97. The van der Waals surface area contributed by atoms with Gasteiger partial charge >= 0.3 is 6.09 Å². The topological polar surface area (TPSA) is 72.5 Å². The van der Waals surface area contributed by atoms with Gasteiger partial charge in [-0.25, -0.2) is 13.2 Å². The smallest absolute Gasteiger partial charge is 0.407 e. The highest BCUT2D eigenvalue weighted by Gasteiger charge is 2.29. The number of cyclic esters (lactones) is 1. The lowest BCUT2D eigenvalue weighted by molar-refractivity contribution is 0.177. The molecule has 3 rings (SSSR count). The van der Waals surface area contributed by atoms with Gasteiger partial charge in [0.1, 0.15) is 6.61 Å². The van der Waals surface area contributed by atoms with E-state index in [9.17, 15) is 13.2 Å². The SMILES string of the molecule is O=C1N[C@H](c2ccc(S(=O)(=O)CC3CC3)cc2)CO1. The van der Waals surface area contributed by atoms with Crippen molar-refractivity contribution in [2.45, 2.75) is 23.8 Å². The molecular weight excluding hydrogens is 266 g/mol. The summed E-state index contributed by atoms with van der Waals surface area (Å²) in [6, 6.07) is 6.50. The summed E-state index contributed by atoms with van der Waals surface area (Å²) in [5.74, 6) is 0.586. The highest BCUT2D eigenvalue weighted by molar-refractivity contribution is 7.91. The Hall–Kier alpha value is -1.56. The highest BCUT2D eigenvalue weighted by Crippen LogP contribution is 2.32. The molecule has 1 saturated heterocycles. The number of carbonyl (C=O) groups excluding carboxylic acids is 1. The third-order valence-corrected chi connectivity index (χ3v) is 5.37. The third kappa shape index (κ3) is 2.73. The van der Waals surface area contributed by atoms with Crippen molar-refractivity contribution < 1.29 is 17.9 Å². The van der Waals surface area contributed by atoms with Crippen molar-refractivity contribution >= 4 is 15.9 Å². The zero-order chi connectivity index (χ0) is 13.5. The summed E-state index contributed by atoms with van der Waals surface area (Å²) in [5, 5.41) is 2.66. The Balaban J connectivity index is 1.76. The molecule has 0 unspecified atom stereocenters. The van der Waals surface area contributed by atoms with Gasteiger partial charge in [-0.05, 0) is 36.5 Å². The monoisotopic (exact) mass is 281 g/mol. The van der Waals surface area contributed by atoms with Crippen molar-refractivity contribution in [1.82, 2.24) is 5.32 Å². The molecule has 1 aromatic carbocycles. The van der Waals surface area contributed by atoms with E-state index in [1.54, 1.807) is 24.3 Å². The highest BCUT2D eigenvalue weighted by atomic mass is 32.2. The van der Waals surface area contributed by atoms with E-state index in [0.29, 0.717) is 10.8 Å². The van der Waals surface area contributed by atoms with Crippen LogP contribution in [0.1, 0.15) is 24.4 Å². The molecule has 1 amide bonds. The molecule has 1 aromatic rings. The summed E-state index contributed by atoms with van der Waals surface area (Å²) in [7, 11) is -3.17. The summed E-state index contributed by atoms with van der Waals surface area (Å²) in [6.07, 6.45) is 1.60. The molecule has 2 fully saturated rings. The lowest BCUT2D eigenvalue weighted by Crippen LogP contribution is -2.18. The van der Waals surface area contributed by atoms with E-state index >= 15 is 0 Å². The Labute approximate surface area is 111 Å². The summed E-state index contributed by atoms with van der Waals surface area (Å²) in [6.45, 7) is 0.285. The molecule has 1 atom stereocenters. The van der Waals surface area contributed by atoms with E-state index in [-0.39, 0.29) is 18.4 Å². The second kappa shape index (κ2) is 4.52. The van der Waals surface area contributed by atoms with Crippen molar-refractivity contribution in [1.29, 1.82) is 0 Å². The van der Waals surface area contributed by atoms with E-state index in [1.165, 1.54) is 0 Å². The van der Waals surface area contributed by atoms with Gasteiger partial charge in [0.15, 0.2) is 9.84 Å². The minimum atomic E-state index is -3.17. The van der Waals surface area contributed by atoms with Crippen LogP contribution in [-0.4, -0.2) is 26.9 Å². The van der Waals surface area contributed by atoms with Crippen molar-refractivity contribution in [3.63, 3.8) is 0 Å². The molecule has 1 aliphatic heterocycles. The molecule has 1 N–H and O–H groups in total. The van der Waals surface area contributed by atoms with Gasteiger partial charge < -0.3 is 10.1 Å². The van der Waals surface area contributed by atoms with E-state index in [1.807, 2.05) is 0 Å². The largest absolute Gasteiger partial charge is 0.447 e. The van der Waals surface area contributed by atoms with E-state index in [4.69, 9.17) is 4.74 Å². The van der Waals surface area contributed by atoms with Crippen LogP contribution < -0.4 is 5.32 Å². The van der Waals surface area contributed by atoms with Gasteiger partial charge in [0.05, 0.1) is 16.7 Å².